The molecule has 1 fully saturated rings. The van der Waals surface area contributed by atoms with Crippen molar-refractivity contribution in [1.29, 1.82) is 0 Å². The highest BCUT2D eigenvalue weighted by Gasteiger charge is 2.25. The largest absolute Gasteiger partial charge is 0.481 e. The highest BCUT2D eigenvalue weighted by atomic mass is 79.9. The number of hydrogen-bond acceptors (Lipinski definition) is 3. The summed E-state index contributed by atoms with van der Waals surface area (Å²) in [5.74, 6) is -0.757. The van der Waals surface area contributed by atoms with Crippen LogP contribution >= 0.6 is 27.3 Å². The van der Waals surface area contributed by atoms with Gasteiger partial charge in [-0.2, -0.15) is 0 Å². The Morgan fingerprint density at radius 3 is 2.67 bits per heavy atom. The average Bonchev–Trinajstić information content (AvgIpc) is 2.67. The van der Waals surface area contributed by atoms with Gasteiger partial charge in [-0.3, -0.25) is 4.79 Å². The van der Waals surface area contributed by atoms with Gasteiger partial charge >= 0.3 is 5.97 Å². The number of aliphatic carboxylic acids is 1. The molecule has 5 heteroatoms. The zero-order chi connectivity index (χ0) is 13.1. The minimum Gasteiger partial charge on any atom is -0.481 e. The molecule has 3 nitrogen and oxygen atoms in total. The second-order valence-electron chi connectivity index (χ2n) is 4.88. The Morgan fingerprint density at radius 1 is 1.50 bits per heavy atom. The van der Waals surface area contributed by atoms with Crippen LogP contribution in [-0.4, -0.2) is 17.1 Å². The van der Waals surface area contributed by atoms with Gasteiger partial charge in [0.2, 0.25) is 0 Å². The van der Waals surface area contributed by atoms with E-state index >= 15 is 0 Å². The van der Waals surface area contributed by atoms with Crippen molar-refractivity contribution in [1.82, 2.24) is 5.32 Å². The number of hydrogen-bond donors (Lipinski definition) is 2. The Morgan fingerprint density at radius 2 is 2.17 bits per heavy atom. The lowest BCUT2D eigenvalue weighted by molar-refractivity contribution is -0.142. The van der Waals surface area contributed by atoms with E-state index in [4.69, 9.17) is 5.11 Å². The van der Waals surface area contributed by atoms with Crippen molar-refractivity contribution < 1.29 is 9.90 Å². The van der Waals surface area contributed by atoms with Crippen molar-refractivity contribution in [2.45, 2.75) is 45.2 Å². The SMILES string of the molecule is Cc1sc(CNC2CCC(C(=O)O)CC2)cc1Br. The molecule has 1 saturated carbocycles. The smallest absolute Gasteiger partial charge is 0.306 e. The first-order valence-electron chi connectivity index (χ1n) is 6.27. The van der Waals surface area contributed by atoms with E-state index in [-0.39, 0.29) is 5.92 Å². The van der Waals surface area contributed by atoms with E-state index in [1.54, 1.807) is 11.3 Å². The number of halogens is 1. The third kappa shape index (κ3) is 3.56. The summed E-state index contributed by atoms with van der Waals surface area (Å²) in [7, 11) is 0. The fourth-order valence-electron chi connectivity index (χ4n) is 2.39. The second kappa shape index (κ2) is 6.17. The number of carbonyl (C=O) groups is 1. The van der Waals surface area contributed by atoms with Crippen LogP contribution in [0.3, 0.4) is 0 Å². The Balaban J connectivity index is 1.77. The molecule has 0 radical (unpaired) electrons. The van der Waals surface area contributed by atoms with Crippen molar-refractivity contribution in [3.05, 3.63) is 20.3 Å². The van der Waals surface area contributed by atoms with E-state index in [0.717, 1.165) is 32.2 Å². The van der Waals surface area contributed by atoms with Crippen LogP contribution in [0.2, 0.25) is 0 Å². The highest BCUT2D eigenvalue weighted by molar-refractivity contribution is 9.10. The van der Waals surface area contributed by atoms with Gasteiger partial charge in [-0.05, 0) is 54.6 Å². The molecule has 1 aromatic rings. The average molecular weight is 332 g/mol. The van der Waals surface area contributed by atoms with E-state index < -0.39 is 5.97 Å². The summed E-state index contributed by atoms with van der Waals surface area (Å²) in [6.45, 7) is 3.00. The van der Waals surface area contributed by atoms with E-state index in [1.165, 1.54) is 14.2 Å². The molecule has 2 N–H and O–H groups in total. The maximum Gasteiger partial charge on any atom is 0.306 e. The summed E-state index contributed by atoms with van der Waals surface area (Å²) in [5.41, 5.74) is 0. The summed E-state index contributed by atoms with van der Waals surface area (Å²) in [6, 6.07) is 2.64. The number of carboxylic acid groups (broad SMARTS) is 1. The zero-order valence-electron chi connectivity index (χ0n) is 10.4. The van der Waals surface area contributed by atoms with Gasteiger partial charge in [-0.15, -0.1) is 11.3 Å². The normalized spacial score (nSPS) is 24.1. The van der Waals surface area contributed by atoms with Crippen molar-refractivity contribution in [2.75, 3.05) is 0 Å². The summed E-state index contributed by atoms with van der Waals surface area (Å²) >= 11 is 5.33. The minimum absolute atomic E-state index is 0.124. The fraction of sp³-hybridized carbons (Fsp3) is 0.615. The lowest BCUT2D eigenvalue weighted by Gasteiger charge is -2.26. The topological polar surface area (TPSA) is 49.3 Å². The number of thiophene rings is 1. The molecule has 100 valence electrons. The molecule has 1 heterocycles. The van der Waals surface area contributed by atoms with Gasteiger partial charge in [-0.1, -0.05) is 0 Å². The third-order valence-electron chi connectivity index (χ3n) is 3.55. The van der Waals surface area contributed by atoms with Gasteiger partial charge in [0.1, 0.15) is 0 Å². The van der Waals surface area contributed by atoms with Gasteiger partial charge < -0.3 is 10.4 Å². The molecule has 1 aliphatic carbocycles. The van der Waals surface area contributed by atoms with Gasteiger partial charge in [0.05, 0.1) is 5.92 Å². The Labute approximate surface area is 120 Å². The van der Waals surface area contributed by atoms with Crippen molar-refractivity contribution >= 4 is 33.2 Å². The summed E-state index contributed by atoms with van der Waals surface area (Å²) in [6.07, 6.45) is 3.56. The maximum atomic E-state index is 10.9. The molecule has 0 atom stereocenters. The lowest BCUT2D eigenvalue weighted by Crippen LogP contribution is -2.34. The van der Waals surface area contributed by atoms with Gasteiger partial charge in [-0.25, -0.2) is 0 Å². The van der Waals surface area contributed by atoms with Crippen LogP contribution in [0.15, 0.2) is 10.5 Å². The maximum absolute atomic E-state index is 10.9. The van der Waals surface area contributed by atoms with Gasteiger partial charge in [0.25, 0.3) is 0 Å². The van der Waals surface area contributed by atoms with Crippen LogP contribution in [0.5, 0.6) is 0 Å². The first kappa shape index (κ1) is 14.0. The van der Waals surface area contributed by atoms with Crippen LogP contribution in [-0.2, 0) is 11.3 Å². The lowest BCUT2D eigenvalue weighted by atomic mass is 9.86. The van der Waals surface area contributed by atoms with E-state index in [2.05, 4.69) is 34.2 Å². The predicted octanol–water partition coefficient (Wildman–Crippen LogP) is 3.55. The Bertz CT molecular complexity index is 405. The van der Waals surface area contributed by atoms with Crippen LogP contribution < -0.4 is 5.32 Å². The molecular weight excluding hydrogens is 314 g/mol. The predicted molar refractivity (Wildman–Crippen MR) is 77.0 cm³/mol. The van der Waals surface area contributed by atoms with E-state index in [1.807, 2.05) is 0 Å². The van der Waals surface area contributed by atoms with Crippen molar-refractivity contribution in [3.8, 4) is 0 Å². The molecule has 1 aliphatic rings. The first-order chi connectivity index (χ1) is 8.56. The van der Waals surface area contributed by atoms with E-state index in [9.17, 15) is 4.79 Å². The molecule has 0 unspecified atom stereocenters. The van der Waals surface area contributed by atoms with Crippen molar-refractivity contribution in [3.63, 3.8) is 0 Å². The summed E-state index contributed by atoms with van der Waals surface area (Å²) in [5, 5.41) is 12.5. The molecule has 0 bridgehead atoms. The third-order valence-corrected chi connectivity index (χ3v) is 5.69. The van der Waals surface area contributed by atoms with Crippen LogP contribution in [0, 0.1) is 12.8 Å². The fourth-order valence-corrected chi connectivity index (χ4v) is 3.95. The van der Waals surface area contributed by atoms with Crippen LogP contribution in [0.1, 0.15) is 35.4 Å². The first-order valence-corrected chi connectivity index (χ1v) is 7.88. The number of nitrogens with one attached hydrogen (secondary N) is 1. The minimum atomic E-state index is -0.633. The molecule has 2 rings (SSSR count). The van der Waals surface area contributed by atoms with Crippen LogP contribution in [0.25, 0.3) is 0 Å². The molecule has 18 heavy (non-hydrogen) atoms. The standard InChI is InChI=1S/C13H18BrNO2S/c1-8-12(14)6-11(18-8)7-15-10-4-2-9(3-5-10)13(16)17/h6,9-10,15H,2-5,7H2,1H3,(H,16,17). The van der Waals surface area contributed by atoms with Crippen LogP contribution in [0.4, 0.5) is 0 Å². The summed E-state index contributed by atoms with van der Waals surface area (Å²) in [4.78, 5) is 13.5. The molecule has 0 aromatic carbocycles. The summed E-state index contributed by atoms with van der Waals surface area (Å²) < 4.78 is 1.18. The quantitative estimate of drug-likeness (QED) is 0.886. The molecule has 0 saturated heterocycles. The number of carboxylic acids is 1. The highest BCUT2D eigenvalue weighted by Crippen LogP contribution is 2.28. The van der Waals surface area contributed by atoms with Gasteiger partial charge in [0.15, 0.2) is 0 Å². The molecular formula is C13H18BrNO2S. The zero-order valence-corrected chi connectivity index (χ0v) is 12.8. The van der Waals surface area contributed by atoms with Gasteiger partial charge in [0, 0.05) is 26.8 Å². The van der Waals surface area contributed by atoms with Crippen molar-refractivity contribution in [2.24, 2.45) is 5.92 Å². The molecule has 1 aromatic heterocycles. The Kier molecular flexibility index (Phi) is 4.81. The second-order valence-corrected chi connectivity index (χ2v) is 7.08. The molecule has 0 spiro atoms. The number of rotatable bonds is 4. The molecule has 0 aliphatic heterocycles. The number of aryl methyl sites for hydroxylation is 1. The monoisotopic (exact) mass is 331 g/mol. The Hall–Kier alpha value is -0.390. The van der Waals surface area contributed by atoms with E-state index in [0.29, 0.717) is 6.04 Å². The molecule has 0 amide bonds.